The van der Waals surface area contributed by atoms with Crippen molar-refractivity contribution in [2.75, 3.05) is 11.1 Å². The maximum Gasteiger partial charge on any atom is 0.306 e. The number of aromatic hydroxyl groups is 1. The van der Waals surface area contributed by atoms with Crippen LogP contribution in [0.4, 0.5) is 11.5 Å². The Labute approximate surface area is 177 Å². The smallest absolute Gasteiger partial charge is 0.306 e. The fraction of sp³-hybridized carbons (Fsp3) is 0.136. The molecule has 1 amide bonds. The van der Waals surface area contributed by atoms with Gasteiger partial charge in [0.15, 0.2) is 6.10 Å². The van der Waals surface area contributed by atoms with Crippen molar-refractivity contribution in [2.24, 2.45) is 0 Å². The minimum absolute atomic E-state index is 0.00707. The number of hydrogen-bond acceptors (Lipinski definition) is 8. The summed E-state index contributed by atoms with van der Waals surface area (Å²) in [6.07, 6.45) is 1.24. The molecule has 0 spiro atoms. The zero-order chi connectivity index (χ0) is 22.0. The van der Waals surface area contributed by atoms with E-state index >= 15 is 0 Å². The number of nitrogens with two attached hydrogens (primary N) is 1. The van der Waals surface area contributed by atoms with Crippen LogP contribution in [0.15, 0.2) is 48.7 Å². The molecule has 0 aliphatic carbocycles. The van der Waals surface area contributed by atoms with Gasteiger partial charge < -0.3 is 20.9 Å². The molecular weight excluding hydrogens is 398 g/mol. The summed E-state index contributed by atoms with van der Waals surface area (Å²) in [5.74, 6) is -0.897. The average molecular weight is 415 g/mol. The number of cyclic esters (lactones) is 1. The van der Waals surface area contributed by atoms with Gasteiger partial charge in [-0.05, 0) is 35.9 Å². The van der Waals surface area contributed by atoms with E-state index in [9.17, 15) is 20.0 Å². The van der Waals surface area contributed by atoms with Gasteiger partial charge in [0.25, 0.3) is 5.91 Å². The van der Waals surface area contributed by atoms with Gasteiger partial charge in [-0.3, -0.25) is 14.6 Å². The number of amides is 1. The Hall–Kier alpha value is -4.45. The van der Waals surface area contributed by atoms with E-state index in [0.29, 0.717) is 28.9 Å². The number of rotatable bonds is 4. The summed E-state index contributed by atoms with van der Waals surface area (Å²) in [5, 5.41) is 22.4. The van der Waals surface area contributed by atoms with Gasteiger partial charge in [-0.25, -0.2) is 4.98 Å². The number of aromatic nitrogens is 2. The lowest BCUT2D eigenvalue weighted by Gasteiger charge is -2.13. The zero-order valence-electron chi connectivity index (χ0n) is 16.2. The summed E-state index contributed by atoms with van der Waals surface area (Å²) in [7, 11) is 0. The number of nitrogens with one attached hydrogen (secondary N) is 1. The summed E-state index contributed by atoms with van der Waals surface area (Å²) in [6.45, 7) is 0. The van der Waals surface area contributed by atoms with E-state index in [0.717, 1.165) is 0 Å². The minimum Gasteiger partial charge on any atom is -0.506 e. The Morgan fingerprint density at radius 3 is 2.84 bits per heavy atom. The fourth-order valence-electron chi connectivity index (χ4n) is 3.32. The molecule has 2 aromatic heterocycles. The van der Waals surface area contributed by atoms with Crippen molar-refractivity contribution >= 4 is 23.4 Å². The van der Waals surface area contributed by atoms with Crippen LogP contribution in [0.3, 0.4) is 0 Å². The van der Waals surface area contributed by atoms with Crippen LogP contribution in [0.1, 0.15) is 18.4 Å². The Morgan fingerprint density at radius 1 is 1.29 bits per heavy atom. The van der Waals surface area contributed by atoms with Crippen LogP contribution in [0.25, 0.3) is 22.5 Å². The first-order chi connectivity index (χ1) is 15.0. The summed E-state index contributed by atoms with van der Waals surface area (Å²) in [4.78, 5) is 32.0. The van der Waals surface area contributed by atoms with Gasteiger partial charge in [0.05, 0.1) is 5.69 Å². The molecule has 0 bridgehead atoms. The van der Waals surface area contributed by atoms with Gasteiger partial charge in [0, 0.05) is 30.3 Å². The van der Waals surface area contributed by atoms with Crippen LogP contribution in [-0.2, 0) is 14.3 Å². The van der Waals surface area contributed by atoms with Crippen molar-refractivity contribution in [3.63, 3.8) is 0 Å². The van der Waals surface area contributed by atoms with Gasteiger partial charge in [-0.15, -0.1) is 0 Å². The first kappa shape index (κ1) is 19.8. The Bertz CT molecular complexity index is 1230. The van der Waals surface area contributed by atoms with E-state index in [1.807, 2.05) is 0 Å². The number of ether oxygens (including phenoxy) is 1. The third-order valence-corrected chi connectivity index (χ3v) is 4.81. The van der Waals surface area contributed by atoms with Crippen molar-refractivity contribution in [3.05, 3.63) is 54.2 Å². The van der Waals surface area contributed by atoms with Crippen LogP contribution in [0.2, 0.25) is 0 Å². The van der Waals surface area contributed by atoms with Gasteiger partial charge in [-0.1, -0.05) is 12.1 Å². The lowest BCUT2D eigenvalue weighted by atomic mass is 9.99. The molecule has 1 aliphatic heterocycles. The second-order valence-electron chi connectivity index (χ2n) is 6.89. The molecule has 1 aliphatic rings. The van der Waals surface area contributed by atoms with Crippen molar-refractivity contribution in [1.82, 2.24) is 9.97 Å². The second-order valence-corrected chi connectivity index (χ2v) is 6.89. The molecule has 1 atom stereocenters. The van der Waals surface area contributed by atoms with E-state index < -0.39 is 18.0 Å². The van der Waals surface area contributed by atoms with Crippen molar-refractivity contribution < 1.29 is 19.4 Å². The highest BCUT2D eigenvalue weighted by molar-refractivity contribution is 5.97. The molecule has 1 aromatic carbocycles. The highest BCUT2D eigenvalue weighted by Crippen LogP contribution is 2.34. The molecule has 9 heteroatoms. The van der Waals surface area contributed by atoms with Gasteiger partial charge >= 0.3 is 5.97 Å². The SMILES string of the molecule is N#Cc1c(-c2cccc(NC(=O)C3CCC(=O)O3)c2)cc(-c2ncccc2O)nc1N. The maximum absolute atomic E-state index is 12.4. The summed E-state index contributed by atoms with van der Waals surface area (Å²) < 4.78 is 4.99. The molecule has 3 aromatic rings. The largest absolute Gasteiger partial charge is 0.506 e. The molecule has 154 valence electrons. The Morgan fingerprint density at radius 2 is 2.13 bits per heavy atom. The Kier molecular flexibility index (Phi) is 5.20. The first-order valence-corrected chi connectivity index (χ1v) is 9.42. The normalized spacial score (nSPS) is 15.2. The van der Waals surface area contributed by atoms with Crippen LogP contribution in [0, 0.1) is 11.3 Å². The molecule has 1 unspecified atom stereocenters. The summed E-state index contributed by atoms with van der Waals surface area (Å²) in [5.41, 5.74) is 8.24. The molecule has 1 fully saturated rings. The number of hydrogen-bond donors (Lipinski definition) is 3. The number of nitriles is 1. The highest BCUT2D eigenvalue weighted by atomic mass is 16.6. The topological polar surface area (TPSA) is 151 Å². The minimum atomic E-state index is -0.818. The lowest BCUT2D eigenvalue weighted by molar-refractivity contribution is -0.146. The van der Waals surface area contributed by atoms with Crippen LogP contribution >= 0.6 is 0 Å². The monoisotopic (exact) mass is 415 g/mol. The summed E-state index contributed by atoms with van der Waals surface area (Å²) in [6, 6.07) is 13.5. The molecule has 9 nitrogen and oxygen atoms in total. The molecule has 3 heterocycles. The second kappa shape index (κ2) is 8.12. The quantitative estimate of drug-likeness (QED) is 0.550. The van der Waals surface area contributed by atoms with E-state index in [4.69, 9.17) is 10.5 Å². The molecule has 4 N–H and O–H groups in total. The third-order valence-electron chi connectivity index (χ3n) is 4.81. The van der Waals surface area contributed by atoms with E-state index in [2.05, 4.69) is 21.4 Å². The highest BCUT2D eigenvalue weighted by Gasteiger charge is 2.29. The predicted molar refractivity (Wildman–Crippen MR) is 111 cm³/mol. The molecule has 31 heavy (non-hydrogen) atoms. The molecule has 1 saturated heterocycles. The molecule has 0 radical (unpaired) electrons. The molecule has 0 saturated carbocycles. The number of pyridine rings is 2. The summed E-state index contributed by atoms with van der Waals surface area (Å²) >= 11 is 0. The third kappa shape index (κ3) is 4.00. The standard InChI is InChI=1S/C22H17N5O4/c23-11-15-14(10-16(27-21(15)24)20-17(28)5-2-8-25-20)12-3-1-4-13(9-12)26-22(30)18-6-7-19(29)31-18/h1-5,8-10,18,28H,6-7H2,(H2,24,27)(H,26,30). The number of carbonyl (C=O) groups is 2. The molecule has 4 rings (SSSR count). The number of nitrogen functional groups attached to an aromatic ring is 1. The van der Waals surface area contributed by atoms with Crippen LogP contribution < -0.4 is 11.1 Å². The predicted octanol–water partition coefficient (Wildman–Crippen LogP) is 2.61. The average Bonchev–Trinajstić information content (AvgIpc) is 3.20. The lowest BCUT2D eigenvalue weighted by Crippen LogP contribution is -2.27. The number of esters is 1. The Balaban J connectivity index is 1.71. The maximum atomic E-state index is 12.4. The van der Waals surface area contributed by atoms with Crippen molar-refractivity contribution in [2.45, 2.75) is 18.9 Å². The fourth-order valence-corrected chi connectivity index (χ4v) is 3.32. The van der Waals surface area contributed by atoms with Crippen molar-refractivity contribution in [3.8, 4) is 34.3 Å². The van der Waals surface area contributed by atoms with Crippen LogP contribution in [-0.4, -0.2) is 33.1 Å². The number of benzene rings is 1. The molecular formula is C22H17N5O4. The van der Waals surface area contributed by atoms with Gasteiger partial charge in [0.1, 0.15) is 28.9 Å². The van der Waals surface area contributed by atoms with Gasteiger partial charge in [0.2, 0.25) is 0 Å². The first-order valence-electron chi connectivity index (χ1n) is 9.42. The van der Waals surface area contributed by atoms with Crippen molar-refractivity contribution in [1.29, 1.82) is 5.26 Å². The van der Waals surface area contributed by atoms with E-state index in [1.54, 1.807) is 36.4 Å². The number of anilines is 2. The number of carbonyl (C=O) groups excluding carboxylic acids is 2. The van der Waals surface area contributed by atoms with E-state index in [1.165, 1.54) is 12.3 Å². The van der Waals surface area contributed by atoms with E-state index in [-0.39, 0.29) is 29.2 Å². The number of nitrogens with zero attached hydrogens (tertiary/aromatic N) is 3. The zero-order valence-corrected chi connectivity index (χ0v) is 16.2. The van der Waals surface area contributed by atoms with Crippen LogP contribution in [0.5, 0.6) is 5.75 Å². The van der Waals surface area contributed by atoms with Gasteiger partial charge in [-0.2, -0.15) is 5.26 Å².